The van der Waals surface area contributed by atoms with Gasteiger partial charge in [0.1, 0.15) is 6.11 Å². The summed E-state index contributed by atoms with van der Waals surface area (Å²) in [6.45, 7) is 2.29. The van der Waals surface area contributed by atoms with E-state index in [9.17, 15) is 0 Å². The SMILES string of the molecule is CCCCCCCCCCCCCCCCCCCCCC#COC. The van der Waals surface area contributed by atoms with Crippen LogP contribution in [0.15, 0.2) is 0 Å². The lowest BCUT2D eigenvalue weighted by molar-refractivity contribution is 0.371. The van der Waals surface area contributed by atoms with Crippen LogP contribution in [0.1, 0.15) is 135 Å². The molecule has 0 radical (unpaired) electrons. The van der Waals surface area contributed by atoms with E-state index in [1.54, 1.807) is 7.11 Å². The smallest absolute Gasteiger partial charge is 0.109 e. The van der Waals surface area contributed by atoms with E-state index in [-0.39, 0.29) is 0 Å². The lowest BCUT2D eigenvalue weighted by Crippen LogP contribution is -1.84. The molecule has 0 aromatic carbocycles. The Bertz CT molecular complexity index is 286. The van der Waals surface area contributed by atoms with Crippen LogP contribution in [-0.4, -0.2) is 7.11 Å². The van der Waals surface area contributed by atoms with Gasteiger partial charge < -0.3 is 4.74 Å². The Hall–Kier alpha value is -0.640. The molecular weight excluding hydrogens is 304 g/mol. The van der Waals surface area contributed by atoms with Crippen molar-refractivity contribution in [3.63, 3.8) is 0 Å². The highest BCUT2D eigenvalue weighted by atomic mass is 16.5. The molecule has 0 spiro atoms. The number of methoxy groups -OCH3 is 1. The summed E-state index contributed by atoms with van der Waals surface area (Å²) in [5, 5.41) is 0. The fourth-order valence-electron chi connectivity index (χ4n) is 3.42. The number of hydrogen-bond donors (Lipinski definition) is 0. The second-order valence-electron chi connectivity index (χ2n) is 7.60. The molecule has 0 fully saturated rings. The molecule has 0 aromatic heterocycles. The third kappa shape index (κ3) is 23.4. The molecule has 0 aliphatic rings. The molecular formula is C24H46O. The maximum absolute atomic E-state index is 4.72. The molecule has 0 N–H and O–H groups in total. The van der Waals surface area contributed by atoms with Crippen LogP contribution in [0.3, 0.4) is 0 Å². The van der Waals surface area contributed by atoms with Gasteiger partial charge in [-0.25, -0.2) is 0 Å². The fraction of sp³-hybridized carbons (Fsp3) is 0.917. The van der Waals surface area contributed by atoms with Gasteiger partial charge in [-0.3, -0.25) is 0 Å². The topological polar surface area (TPSA) is 9.23 Å². The molecule has 0 atom stereocenters. The zero-order valence-corrected chi connectivity index (χ0v) is 17.6. The molecule has 148 valence electrons. The molecule has 0 aliphatic heterocycles. The van der Waals surface area contributed by atoms with Gasteiger partial charge in [-0.2, -0.15) is 0 Å². The van der Waals surface area contributed by atoms with E-state index in [4.69, 9.17) is 4.74 Å². The first-order valence-corrected chi connectivity index (χ1v) is 11.4. The predicted octanol–water partition coefficient (Wildman–Crippen LogP) is 8.42. The van der Waals surface area contributed by atoms with Crippen molar-refractivity contribution in [1.29, 1.82) is 0 Å². The minimum Gasteiger partial charge on any atom is -0.450 e. The summed E-state index contributed by atoms with van der Waals surface area (Å²) in [4.78, 5) is 0. The van der Waals surface area contributed by atoms with E-state index in [1.165, 1.54) is 122 Å². The molecule has 0 saturated heterocycles. The Morgan fingerprint density at radius 3 is 1.12 bits per heavy atom. The summed E-state index contributed by atoms with van der Waals surface area (Å²) in [6, 6.07) is 0. The third-order valence-corrected chi connectivity index (χ3v) is 5.08. The second-order valence-corrected chi connectivity index (χ2v) is 7.60. The van der Waals surface area contributed by atoms with E-state index in [0.29, 0.717) is 0 Å². The van der Waals surface area contributed by atoms with Crippen LogP contribution in [-0.2, 0) is 4.74 Å². The maximum Gasteiger partial charge on any atom is 0.109 e. The summed E-state index contributed by atoms with van der Waals surface area (Å²) >= 11 is 0. The van der Waals surface area contributed by atoms with Crippen molar-refractivity contribution in [3.05, 3.63) is 0 Å². The van der Waals surface area contributed by atoms with E-state index >= 15 is 0 Å². The first-order valence-electron chi connectivity index (χ1n) is 11.4. The standard InChI is InChI=1S/C24H46O/c1-3-4-5-6-7-8-9-10-11-12-13-14-15-16-17-18-19-20-21-22-23-24-25-2/h3-22H2,1-2H3. The molecule has 0 aliphatic carbocycles. The number of hydrogen-bond acceptors (Lipinski definition) is 1. The second kappa shape index (κ2) is 23.4. The third-order valence-electron chi connectivity index (χ3n) is 5.08. The normalized spacial score (nSPS) is 10.5. The molecule has 25 heavy (non-hydrogen) atoms. The lowest BCUT2D eigenvalue weighted by atomic mass is 10.0. The van der Waals surface area contributed by atoms with Gasteiger partial charge in [0, 0.05) is 6.42 Å². The quantitative estimate of drug-likeness (QED) is 0.168. The summed E-state index contributed by atoms with van der Waals surface area (Å²) in [5.41, 5.74) is 0. The number of unbranched alkanes of at least 4 members (excludes halogenated alkanes) is 19. The summed E-state index contributed by atoms with van der Waals surface area (Å²) in [5.74, 6) is 3.02. The molecule has 0 heterocycles. The van der Waals surface area contributed by atoms with Crippen molar-refractivity contribution in [1.82, 2.24) is 0 Å². The van der Waals surface area contributed by atoms with Gasteiger partial charge in [-0.05, 0) is 6.42 Å². The van der Waals surface area contributed by atoms with Crippen molar-refractivity contribution in [2.24, 2.45) is 0 Å². The van der Waals surface area contributed by atoms with Gasteiger partial charge in [0.2, 0.25) is 0 Å². The van der Waals surface area contributed by atoms with Crippen molar-refractivity contribution >= 4 is 0 Å². The molecule has 0 amide bonds. The van der Waals surface area contributed by atoms with Gasteiger partial charge in [0.25, 0.3) is 0 Å². The summed E-state index contributed by atoms with van der Waals surface area (Å²) in [6.07, 6.45) is 30.8. The highest BCUT2D eigenvalue weighted by molar-refractivity contribution is 4.90. The fourth-order valence-corrected chi connectivity index (χ4v) is 3.42. The zero-order chi connectivity index (χ0) is 18.3. The minimum atomic E-state index is 0.993. The van der Waals surface area contributed by atoms with Crippen molar-refractivity contribution in [3.8, 4) is 12.0 Å². The van der Waals surface area contributed by atoms with Gasteiger partial charge in [0.15, 0.2) is 0 Å². The molecule has 0 bridgehead atoms. The van der Waals surface area contributed by atoms with E-state index in [1.807, 2.05) is 0 Å². The van der Waals surface area contributed by atoms with Crippen LogP contribution >= 0.6 is 0 Å². The first kappa shape index (κ1) is 24.4. The van der Waals surface area contributed by atoms with E-state index in [2.05, 4.69) is 19.0 Å². The van der Waals surface area contributed by atoms with Crippen molar-refractivity contribution in [2.45, 2.75) is 135 Å². The Labute approximate surface area is 159 Å². The van der Waals surface area contributed by atoms with Gasteiger partial charge in [-0.1, -0.05) is 128 Å². The van der Waals surface area contributed by atoms with Crippen molar-refractivity contribution in [2.75, 3.05) is 7.11 Å². The van der Waals surface area contributed by atoms with Gasteiger partial charge in [-0.15, -0.1) is 0 Å². The summed E-state index contributed by atoms with van der Waals surface area (Å²) in [7, 11) is 1.63. The summed E-state index contributed by atoms with van der Waals surface area (Å²) < 4.78 is 4.72. The highest BCUT2D eigenvalue weighted by Gasteiger charge is 1.95. The number of rotatable bonds is 19. The van der Waals surface area contributed by atoms with Gasteiger partial charge in [0.05, 0.1) is 7.11 Å². The average molecular weight is 351 g/mol. The van der Waals surface area contributed by atoms with Crippen molar-refractivity contribution < 1.29 is 4.74 Å². The Morgan fingerprint density at radius 2 is 0.800 bits per heavy atom. The largest absolute Gasteiger partial charge is 0.450 e. The molecule has 0 saturated carbocycles. The van der Waals surface area contributed by atoms with E-state index < -0.39 is 0 Å². The maximum atomic E-state index is 4.72. The minimum absolute atomic E-state index is 0.993. The van der Waals surface area contributed by atoms with Gasteiger partial charge >= 0.3 is 0 Å². The van der Waals surface area contributed by atoms with Crippen LogP contribution in [0.4, 0.5) is 0 Å². The van der Waals surface area contributed by atoms with Crippen LogP contribution in [0.5, 0.6) is 0 Å². The first-order chi connectivity index (χ1) is 12.4. The number of ether oxygens (including phenoxy) is 1. The monoisotopic (exact) mass is 350 g/mol. The molecule has 0 rings (SSSR count). The van der Waals surface area contributed by atoms with Crippen LogP contribution in [0.2, 0.25) is 0 Å². The molecule has 0 aromatic rings. The molecule has 1 heteroatoms. The molecule has 1 nitrogen and oxygen atoms in total. The van der Waals surface area contributed by atoms with E-state index in [0.717, 1.165) is 6.42 Å². The molecule has 0 unspecified atom stereocenters. The Morgan fingerprint density at radius 1 is 0.480 bits per heavy atom. The average Bonchev–Trinajstić information content (AvgIpc) is 2.63. The lowest BCUT2D eigenvalue weighted by Gasteiger charge is -2.03. The highest BCUT2D eigenvalue weighted by Crippen LogP contribution is 2.14. The zero-order valence-electron chi connectivity index (χ0n) is 17.6. The van der Waals surface area contributed by atoms with Crippen LogP contribution in [0, 0.1) is 12.0 Å². The van der Waals surface area contributed by atoms with Crippen LogP contribution < -0.4 is 0 Å². The van der Waals surface area contributed by atoms with Crippen LogP contribution in [0.25, 0.3) is 0 Å². The predicted molar refractivity (Wildman–Crippen MR) is 113 cm³/mol. The Kier molecular flexibility index (Phi) is 22.8. The Balaban J connectivity index is 2.98.